The minimum atomic E-state index is -0.490. The maximum absolute atomic E-state index is 12.4. The lowest BCUT2D eigenvalue weighted by Crippen LogP contribution is -2.36. The van der Waals surface area contributed by atoms with E-state index >= 15 is 0 Å². The third-order valence-corrected chi connectivity index (χ3v) is 5.80. The van der Waals surface area contributed by atoms with E-state index in [0.717, 1.165) is 25.7 Å². The van der Waals surface area contributed by atoms with Gasteiger partial charge in [-0.2, -0.15) is 0 Å². The molecule has 0 spiro atoms. The molecule has 2 aliphatic rings. The van der Waals surface area contributed by atoms with Crippen LogP contribution in [0.15, 0.2) is 0 Å². The van der Waals surface area contributed by atoms with Crippen molar-refractivity contribution in [1.82, 2.24) is 0 Å². The summed E-state index contributed by atoms with van der Waals surface area (Å²) in [4.78, 5) is 24.7. The molecule has 5 atom stereocenters. The molecule has 24 heavy (non-hydrogen) atoms. The molecule has 2 rings (SSSR count). The Balaban J connectivity index is 1.89. The molecule has 0 radical (unpaired) electrons. The molecule has 5 heteroatoms. The number of ether oxygens (including phenoxy) is 3. The maximum Gasteiger partial charge on any atom is 0.311 e. The van der Waals surface area contributed by atoms with Crippen LogP contribution in [0, 0.1) is 29.1 Å². The number of carbonyl (C=O) groups excluding carboxylic acids is 2. The Morgan fingerprint density at radius 3 is 2.25 bits per heavy atom. The van der Waals surface area contributed by atoms with Crippen LogP contribution < -0.4 is 0 Å². The van der Waals surface area contributed by atoms with Crippen LogP contribution in [0.5, 0.6) is 0 Å². The molecule has 2 fully saturated rings. The van der Waals surface area contributed by atoms with Crippen molar-refractivity contribution in [1.29, 1.82) is 0 Å². The molecule has 0 aromatic heterocycles. The van der Waals surface area contributed by atoms with Crippen molar-refractivity contribution in [3.8, 4) is 0 Å². The van der Waals surface area contributed by atoms with E-state index in [2.05, 4.69) is 0 Å². The highest BCUT2D eigenvalue weighted by molar-refractivity contribution is 5.76. The molecule has 138 valence electrons. The highest BCUT2D eigenvalue weighted by atomic mass is 16.7. The standard InChI is InChI=1S/C19H32O5/c1-7-19(4,5)18(21)23-15-10-12-8-13(15)9-14(12)16(20)24-17(22-6)11(2)3/h11-15,17H,7-10H2,1-6H3. The molecule has 5 unspecified atom stereocenters. The Bertz CT molecular complexity index is 470. The van der Waals surface area contributed by atoms with E-state index in [1.807, 2.05) is 34.6 Å². The van der Waals surface area contributed by atoms with Crippen LogP contribution in [-0.2, 0) is 23.8 Å². The molecule has 0 aromatic carbocycles. The minimum absolute atomic E-state index is 0.0410. The van der Waals surface area contributed by atoms with Gasteiger partial charge in [0.2, 0.25) is 6.29 Å². The van der Waals surface area contributed by atoms with Gasteiger partial charge in [-0.15, -0.1) is 0 Å². The number of esters is 2. The van der Waals surface area contributed by atoms with Gasteiger partial charge in [-0.05, 0) is 51.4 Å². The largest absolute Gasteiger partial charge is 0.462 e. The summed E-state index contributed by atoms with van der Waals surface area (Å²) < 4.78 is 16.5. The fraction of sp³-hybridized carbons (Fsp3) is 0.895. The number of rotatable bonds is 7. The summed E-state index contributed by atoms with van der Waals surface area (Å²) in [6, 6.07) is 0. The number of hydrogen-bond acceptors (Lipinski definition) is 5. The predicted molar refractivity (Wildman–Crippen MR) is 90.0 cm³/mol. The van der Waals surface area contributed by atoms with E-state index in [4.69, 9.17) is 14.2 Å². The van der Waals surface area contributed by atoms with Gasteiger partial charge in [0.05, 0.1) is 11.3 Å². The molecule has 2 bridgehead atoms. The van der Waals surface area contributed by atoms with Crippen LogP contribution in [0.4, 0.5) is 0 Å². The minimum Gasteiger partial charge on any atom is -0.462 e. The first-order valence-corrected chi connectivity index (χ1v) is 9.14. The summed E-state index contributed by atoms with van der Waals surface area (Å²) in [5.41, 5.74) is -0.441. The van der Waals surface area contributed by atoms with Crippen molar-refractivity contribution >= 4 is 11.9 Å². The number of hydrogen-bond donors (Lipinski definition) is 0. The summed E-state index contributed by atoms with van der Waals surface area (Å²) in [5.74, 6) is 0.296. The summed E-state index contributed by atoms with van der Waals surface area (Å²) >= 11 is 0. The van der Waals surface area contributed by atoms with Crippen LogP contribution in [0.25, 0.3) is 0 Å². The van der Waals surface area contributed by atoms with Crippen LogP contribution >= 0.6 is 0 Å². The Hall–Kier alpha value is -1.10. The van der Waals surface area contributed by atoms with E-state index in [9.17, 15) is 9.59 Å². The SMILES string of the molecule is CCC(C)(C)C(=O)OC1CC2CC1CC2C(=O)OC(OC)C(C)C. The zero-order valence-electron chi connectivity index (χ0n) is 15.8. The Morgan fingerprint density at radius 1 is 1.12 bits per heavy atom. The monoisotopic (exact) mass is 340 g/mol. The predicted octanol–water partition coefficient (Wildman–Crippen LogP) is 3.55. The molecule has 0 N–H and O–H groups in total. The highest BCUT2D eigenvalue weighted by Gasteiger charge is 2.51. The maximum atomic E-state index is 12.4. The third-order valence-electron chi connectivity index (χ3n) is 5.80. The lowest BCUT2D eigenvalue weighted by molar-refractivity contribution is -0.189. The Morgan fingerprint density at radius 2 is 1.79 bits per heavy atom. The van der Waals surface area contributed by atoms with Gasteiger partial charge in [0.15, 0.2) is 0 Å². The van der Waals surface area contributed by atoms with Crippen molar-refractivity contribution < 1.29 is 23.8 Å². The van der Waals surface area contributed by atoms with E-state index in [-0.39, 0.29) is 41.7 Å². The third kappa shape index (κ3) is 3.93. The number of carbonyl (C=O) groups is 2. The molecule has 0 heterocycles. The van der Waals surface area contributed by atoms with Gasteiger partial charge in [0, 0.05) is 13.0 Å². The fourth-order valence-electron chi connectivity index (χ4n) is 3.76. The Labute approximate surface area is 145 Å². The van der Waals surface area contributed by atoms with Gasteiger partial charge in [-0.3, -0.25) is 9.59 Å². The van der Waals surface area contributed by atoms with Crippen LogP contribution in [0.3, 0.4) is 0 Å². The zero-order valence-corrected chi connectivity index (χ0v) is 15.8. The van der Waals surface area contributed by atoms with Gasteiger partial charge in [0.1, 0.15) is 6.10 Å². The summed E-state index contributed by atoms with van der Waals surface area (Å²) in [6.07, 6.45) is 2.70. The van der Waals surface area contributed by atoms with E-state index in [1.54, 1.807) is 7.11 Å². The average Bonchev–Trinajstić information content (AvgIpc) is 3.11. The van der Waals surface area contributed by atoms with Gasteiger partial charge in [-0.25, -0.2) is 0 Å². The lowest BCUT2D eigenvalue weighted by Gasteiger charge is -2.30. The highest BCUT2D eigenvalue weighted by Crippen LogP contribution is 2.50. The number of methoxy groups -OCH3 is 1. The van der Waals surface area contributed by atoms with E-state index in [0.29, 0.717) is 0 Å². The zero-order chi connectivity index (χ0) is 18.1. The van der Waals surface area contributed by atoms with Gasteiger partial charge in [0.25, 0.3) is 0 Å². The molecular weight excluding hydrogens is 308 g/mol. The van der Waals surface area contributed by atoms with Crippen molar-refractivity contribution in [3.05, 3.63) is 0 Å². The summed E-state index contributed by atoms with van der Waals surface area (Å²) in [5, 5.41) is 0. The second-order valence-electron chi connectivity index (χ2n) is 8.30. The van der Waals surface area contributed by atoms with Crippen LogP contribution in [-0.4, -0.2) is 31.4 Å². The van der Waals surface area contributed by atoms with Gasteiger partial charge in [-0.1, -0.05) is 20.8 Å². The first-order chi connectivity index (χ1) is 11.2. The fourth-order valence-corrected chi connectivity index (χ4v) is 3.76. The van der Waals surface area contributed by atoms with Crippen molar-refractivity contribution in [2.24, 2.45) is 29.1 Å². The van der Waals surface area contributed by atoms with Gasteiger partial charge < -0.3 is 14.2 Å². The lowest BCUT2D eigenvalue weighted by atomic mass is 9.86. The molecule has 0 amide bonds. The van der Waals surface area contributed by atoms with Crippen molar-refractivity contribution in [3.63, 3.8) is 0 Å². The molecule has 2 saturated carbocycles. The average molecular weight is 340 g/mol. The second kappa shape index (κ2) is 7.42. The molecule has 5 nitrogen and oxygen atoms in total. The first-order valence-electron chi connectivity index (χ1n) is 9.14. The Kier molecular flexibility index (Phi) is 5.95. The van der Waals surface area contributed by atoms with Gasteiger partial charge >= 0.3 is 11.9 Å². The molecule has 0 saturated heterocycles. The van der Waals surface area contributed by atoms with Crippen LogP contribution in [0.2, 0.25) is 0 Å². The van der Waals surface area contributed by atoms with Crippen LogP contribution in [0.1, 0.15) is 60.3 Å². The van der Waals surface area contributed by atoms with E-state index in [1.165, 1.54) is 0 Å². The van der Waals surface area contributed by atoms with Crippen molar-refractivity contribution in [2.45, 2.75) is 72.7 Å². The molecule has 2 aliphatic carbocycles. The number of fused-ring (bicyclic) bond motifs is 2. The topological polar surface area (TPSA) is 61.8 Å². The second-order valence-corrected chi connectivity index (χ2v) is 8.30. The summed E-state index contributed by atoms with van der Waals surface area (Å²) in [6.45, 7) is 9.76. The van der Waals surface area contributed by atoms with E-state index < -0.39 is 11.7 Å². The smallest absolute Gasteiger partial charge is 0.311 e. The molecular formula is C19H32O5. The first kappa shape index (κ1) is 19.2. The quantitative estimate of drug-likeness (QED) is 0.524. The molecule has 0 aliphatic heterocycles. The normalized spacial score (nSPS) is 30.5. The van der Waals surface area contributed by atoms with Crippen molar-refractivity contribution in [2.75, 3.05) is 7.11 Å². The molecule has 0 aromatic rings. The summed E-state index contributed by atoms with van der Waals surface area (Å²) in [7, 11) is 1.56.